The molecule has 91 heavy (non-hydrogen) atoms. The Morgan fingerprint density at radius 3 is 0.780 bits per heavy atom. The van der Waals surface area contributed by atoms with Crippen LogP contribution in [0.15, 0.2) is 0 Å². The molecule has 3 N–H and O–H groups in total. The highest BCUT2D eigenvalue weighted by Crippen LogP contribution is 2.45. The molecule has 6 atom stereocenters. The molecule has 0 saturated heterocycles. The van der Waals surface area contributed by atoms with E-state index in [-0.39, 0.29) is 25.7 Å². The number of unbranched alkanes of at least 4 members (excludes halogenated alkanes) is 43. The summed E-state index contributed by atoms with van der Waals surface area (Å²) in [4.78, 5) is 72.6. The highest BCUT2D eigenvalue weighted by molar-refractivity contribution is 7.47. The van der Waals surface area contributed by atoms with E-state index in [9.17, 15) is 43.2 Å². The first kappa shape index (κ1) is 89.1. The smallest absolute Gasteiger partial charge is 0.462 e. The fraction of sp³-hybridized carbons (Fsp3) is 0.944. The topological polar surface area (TPSA) is 237 Å². The van der Waals surface area contributed by atoms with Gasteiger partial charge in [0.25, 0.3) is 0 Å². The van der Waals surface area contributed by atoms with Gasteiger partial charge in [-0.1, -0.05) is 324 Å². The summed E-state index contributed by atoms with van der Waals surface area (Å²) >= 11 is 0. The fourth-order valence-electron chi connectivity index (χ4n) is 11.0. The predicted octanol–water partition coefficient (Wildman–Crippen LogP) is 20.9. The molecular formula is C72H140O17P2. The van der Waals surface area contributed by atoms with Gasteiger partial charge in [0.2, 0.25) is 0 Å². The van der Waals surface area contributed by atoms with E-state index in [0.717, 1.165) is 95.8 Å². The summed E-state index contributed by atoms with van der Waals surface area (Å²) in [6.07, 6.45) is 52.4. The minimum Gasteiger partial charge on any atom is -0.462 e. The van der Waals surface area contributed by atoms with Crippen molar-refractivity contribution in [3.63, 3.8) is 0 Å². The SMILES string of the molecule is CCCCCCCCCCCCCCCCCC(=O)O[C@H](COC(=O)CCCCCCCCCCCCC(C)CC)COP(=O)(O)OC[C@@H](O)COP(=O)(O)OC[C@@H](COC(=O)CCCCCCCCCCCC)OC(=O)CCCCCCCCCCCCCC. The van der Waals surface area contributed by atoms with Gasteiger partial charge in [-0.25, -0.2) is 9.13 Å². The molecule has 0 saturated carbocycles. The molecule has 0 aliphatic rings. The Kier molecular flexibility index (Phi) is 64.0. The summed E-state index contributed by atoms with van der Waals surface area (Å²) in [6.45, 7) is 7.29. The molecule has 0 aliphatic carbocycles. The number of aliphatic hydroxyl groups is 1. The van der Waals surface area contributed by atoms with E-state index >= 15 is 0 Å². The minimum absolute atomic E-state index is 0.108. The van der Waals surface area contributed by atoms with Crippen molar-refractivity contribution >= 4 is 39.5 Å². The summed E-state index contributed by atoms with van der Waals surface area (Å²) in [6, 6.07) is 0. The van der Waals surface area contributed by atoms with Crippen molar-refractivity contribution in [3.05, 3.63) is 0 Å². The Balaban J connectivity index is 5.25. The number of carbonyl (C=O) groups excluding carboxylic acids is 4. The molecule has 0 amide bonds. The number of phosphoric ester groups is 2. The van der Waals surface area contributed by atoms with Gasteiger partial charge in [-0.05, 0) is 31.6 Å². The molecule has 0 heterocycles. The summed E-state index contributed by atoms with van der Waals surface area (Å²) in [5, 5.41) is 10.6. The van der Waals surface area contributed by atoms with Gasteiger partial charge >= 0.3 is 39.5 Å². The summed E-state index contributed by atoms with van der Waals surface area (Å²) < 4.78 is 68.4. The van der Waals surface area contributed by atoms with E-state index in [4.69, 9.17) is 37.0 Å². The fourth-order valence-corrected chi connectivity index (χ4v) is 12.5. The molecule has 0 fully saturated rings. The number of rotatable bonds is 72. The van der Waals surface area contributed by atoms with Crippen molar-refractivity contribution < 1.29 is 80.2 Å². The van der Waals surface area contributed by atoms with Gasteiger partial charge in [0.05, 0.1) is 26.4 Å². The van der Waals surface area contributed by atoms with Crippen molar-refractivity contribution in [3.8, 4) is 0 Å². The average molecular weight is 1340 g/mol. The van der Waals surface area contributed by atoms with Crippen LogP contribution in [0.2, 0.25) is 0 Å². The summed E-state index contributed by atoms with van der Waals surface area (Å²) in [5.41, 5.74) is 0. The molecule has 540 valence electrons. The lowest BCUT2D eigenvalue weighted by molar-refractivity contribution is -0.161. The number of ether oxygens (including phenoxy) is 4. The molecule has 3 unspecified atom stereocenters. The lowest BCUT2D eigenvalue weighted by Gasteiger charge is -2.21. The number of carbonyl (C=O) groups is 4. The van der Waals surface area contributed by atoms with Gasteiger partial charge in [-0.2, -0.15) is 0 Å². The maximum Gasteiger partial charge on any atom is 0.472 e. The van der Waals surface area contributed by atoms with E-state index in [1.807, 2.05) is 0 Å². The van der Waals surface area contributed by atoms with Gasteiger partial charge in [-0.3, -0.25) is 37.3 Å². The highest BCUT2D eigenvalue weighted by atomic mass is 31.2. The first-order valence-corrected chi connectivity index (χ1v) is 40.7. The molecule has 0 radical (unpaired) electrons. The van der Waals surface area contributed by atoms with Crippen LogP contribution >= 0.6 is 15.6 Å². The molecule has 0 rings (SSSR count). The van der Waals surface area contributed by atoms with Crippen LogP contribution in [0.3, 0.4) is 0 Å². The lowest BCUT2D eigenvalue weighted by Crippen LogP contribution is -2.30. The van der Waals surface area contributed by atoms with E-state index < -0.39 is 97.5 Å². The van der Waals surface area contributed by atoms with Crippen LogP contribution < -0.4 is 0 Å². The van der Waals surface area contributed by atoms with Crippen LogP contribution in [0.5, 0.6) is 0 Å². The second kappa shape index (κ2) is 65.4. The highest BCUT2D eigenvalue weighted by Gasteiger charge is 2.30. The Morgan fingerprint density at radius 2 is 0.527 bits per heavy atom. The zero-order chi connectivity index (χ0) is 67.0. The normalized spacial score (nSPS) is 14.3. The van der Waals surface area contributed by atoms with Gasteiger partial charge in [0.1, 0.15) is 19.3 Å². The van der Waals surface area contributed by atoms with Crippen molar-refractivity contribution in [1.29, 1.82) is 0 Å². The Labute approximate surface area is 556 Å². The van der Waals surface area contributed by atoms with Crippen LogP contribution in [-0.4, -0.2) is 96.7 Å². The zero-order valence-corrected chi connectivity index (χ0v) is 60.8. The Hall–Kier alpha value is -1.94. The largest absolute Gasteiger partial charge is 0.472 e. The first-order valence-electron chi connectivity index (χ1n) is 37.7. The third-order valence-corrected chi connectivity index (χ3v) is 19.0. The van der Waals surface area contributed by atoms with Gasteiger partial charge in [-0.15, -0.1) is 0 Å². The van der Waals surface area contributed by atoms with Crippen molar-refractivity contribution in [2.75, 3.05) is 39.6 Å². The van der Waals surface area contributed by atoms with Crippen LogP contribution in [0.4, 0.5) is 0 Å². The minimum atomic E-state index is -4.95. The summed E-state index contributed by atoms with van der Waals surface area (Å²) in [7, 11) is -9.90. The van der Waals surface area contributed by atoms with Crippen molar-refractivity contribution in [2.24, 2.45) is 5.92 Å². The Bertz CT molecular complexity index is 1760. The molecule has 0 aromatic heterocycles. The number of phosphoric acid groups is 2. The second-order valence-corrected chi connectivity index (χ2v) is 29.1. The van der Waals surface area contributed by atoms with Crippen LogP contribution in [0.25, 0.3) is 0 Å². The van der Waals surface area contributed by atoms with E-state index in [0.29, 0.717) is 25.7 Å². The van der Waals surface area contributed by atoms with Crippen molar-refractivity contribution in [2.45, 2.75) is 393 Å². The van der Waals surface area contributed by atoms with Crippen molar-refractivity contribution in [1.82, 2.24) is 0 Å². The third-order valence-electron chi connectivity index (χ3n) is 17.1. The second-order valence-electron chi connectivity index (χ2n) is 26.2. The van der Waals surface area contributed by atoms with Gasteiger partial charge in [0.15, 0.2) is 12.2 Å². The number of aliphatic hydroxyl groups excluding tert-OH is 1. The van der Waals surface area contributed by atoms with E-state index in [1.165, 1.54) is 199 Å². The first-order chi connectivity index (χ1) is 44.1. The van der Waals surface area contributed by atoms with Crippen LogP contribution in [-0.2, 0) is 65.4 Å². The average Bonchev–Trinajstić information content (AvgIpc) is 3.50. The van der Waals surface area contributed by atoms with Gasteiger partial charge in [0, 0.05) is 25.7 Å². The quantitative estimate of drug-likeness (QED) is 0.0222. The third kappa shape index (κ3) is 65.1. The van der Waals surface area contributed by atoms with Gasteiger partial charge < -0.3 is 33.8 Å². The number of esters is 4. The maximum atomic E-state index is 13.0. The standard InChI is InChI=1S/C72H140O17P2/c1-6-10-13-16-19-22-25-27-28-29-31-38-43-48-53-58-72(77)89-68(62-83-70(75)56-51-46-41-36-33-32-34-39-44-49-54-65(5)9-4)64-87-91(80,81)85-60-66(73)59-84-90(78,79)86-63-67(61-82-69(74)55-50-45-40-35-24-21-18-15-12-8-3)88-71(76)57-52-47-42-37-30-26-23-20-17-14-11-7-2/h65-68,73H,6-64H2,1-5H3,(H,78,79)(H,80,81)/t65?,66-,67+,68+/m0/s1. The predicted molar refractivity (Wildman–Crippen MR) is 368 cm³/mol. The molecule has 17 nitrogen and oxygen atoms in total. The monoisotopic (exact) mass is 1340 g/mol. The van der Waals surface area contributed by atoms with E-state index in [2.05, 4.69) is 34.6 Å². The molecule has 0 aromatic rings. The molecule has 0 bridgehead atoms. The molecule has 0 spiro atoms. The molecule has 19 heteroatoms. The molecular weight excluding hydrogens is 1200 g/mol. The van der Waals surface area contributed by atoms with Crippen LogP contribution in [0, 0.1) is 5.92 Å². The number of hydrogen-bond donors (Lipinski definition) is 3. The molecule has 0 aromatic carbocycles. The zero-order valence-electron chi connectivity index (χ0n) is 59.0. The number of hydrogen-bond acceptors (Lipinski definition) is 15. The maximum absolute atomic E-state index is 13.0. The van der Waals surface area contributed by atoms with Crippen LogP contribution in [0.1, 0.15) is 375 Å². The summed E-state index contributed by atoms with van der Waals surface area (Å²) in [5.74, 6) is -1.31. The lowest BCUT2D eigenvalue weighted by atomic mass is 9.99. The van der Waals surface area contributed by atoms with E-state index in [1.54, 1.807) is 0 Å². The Morgan fingerprint density at radius 1 is 0.308 bits per heavy atom. The molecule has 0 aliphatic heterocycles.